The number of aryl methyl sites for hydroxylation is 2. The minimum absolute atomic E-state index is 0.0614. The van der Waals surface area contributed by atoms with E-state index in [0.717, 1.165) is 48.8 Å². The van der Waals surface area contributed by atoms with Crippen molar-refractivity contribution in [3.8, 4) is 28.3 Å². The lowest BCUT2D eigenvalue weighted by molar-refractivity contribution is 0.0976. The van der Waals surface area contributed by atoms with Gasteiger partial charge in [-0.2, -0.15) is 0 Å². The van der Waals surface area contributed by atoms with E-state index in [1.54, 1.807) is 29.0 Å². The van der Waals surface area contributed by atoms with Crippen LogP contribution in [0.2, 0.25) is 5.02 Å². The zero-order valence-electron chi connectivity index (χ0n) is 22.8. The number of benzene rings is 2. The third-order valence-corrected chi connectivity index (χ3v) is 7.71. The van der Waals surface area contributed by atoms with Gasteiger partial charge in [-0.1, -0.05) is 11.6 Å². The summed E-state index contributed by atoms with van der Waals surface area (Å²) in [7, 11) is 0. The van der Waals surface area contributed by atoms with Crippen molar-refractivity contribution in [2.45, 2.75) is 58.9 Å². The van der Waals surface area contributed by atoms with Gasteiger partial charge in [-0.25, -0.2) is 13.8 Å². The second-order valence-corrected chi connectivity index (χ2v) is 11.7. The van der Waals surface area contributed by atoms with E-state index in [2.05, 4.69) is 25.7 Å². The van der Waals surface area contributed by atoms with Gasteiger partial charge in [-0.15, -0.1) is 0 Å². The van der Waals surface area contributed by atoms with Gasteiger partial charge in [0.05, 0.1) is 11.3 Å². The zero-order valence-corrected chi connectivity index (χ0v) is 23.6. The van der Waals surface area contributed by atoms with E-state index in [9.17, 15) is 9.18 Å². The maximum Gasteiger partial charge on any atom is 0.255 e. The molecule has 5 nitrogen and oxygen atoms in total. The van der Waals surface area contributed by atoms with Crippen LogP contribution in [0.15, 0.2) is 57.9 Å². The van der Waals surface area contributed by atoms with Crippen molar-refractivity contribution in [2.24, 2.45) is 0 Å². The molecule has 8 heteroatoms. The first-order valence-corrected chi connectivity index (χ1v) is 13.5. The molecule has 1 fully saturated rings. The van der Waals surface area contributed by atoms with Gasteiger partial charge in [-0.05, 0) is 102 Å². The van der Waals surface area contributed by atoms with E-state index < -0.39 is 11.6 Å². The summed E-state index contributed by atoms with van der Waals surface area (Å²) in [5.41, 5.74) is 3.37. The molecule has 0 radical (unpaired) electrons. The van der Waals surface area contributed by atoms with Crippen LogP contribution in [0.5, 0.6) is 0 Å². The molecule has 1 aliphatic rings. The molecule has 0 amide bonds. The summed E-state index contributed by atoms with van der Waals surface area (Å²) >= 11 is 6.23. The summed E-state index contributed by atoms with van der Waals surface area (Å²) in [5.74, 6) is -0.607. The molecule has 39 heavy (non-hydrogen) atoms. The molecule has 0 atom stereocenters. The number of oxazole rings is 1. The Balaban J connectivity index is 1.63. The van der Waals surface area contributed by atoms with Crippen molar-refractivity contribution in [1.29, 1.82) is 0 Å². The minimum atomic E-state index is -0.737. The van der Waals surface area contributed by atoms with E-state index in [1.165, 1.54) is 18.2 Å². The van der Waals surface area contributed by atoms with Gasteiger partial charge >= 0.3 is 0 Å². The van der Waals surface area contributed by atoms with Crippen LogP contribution < -0.4 is 5.56 Å². The van der Waals surface area contributed by atoms with Gasteiger partial charge in [0.25, 0.3) is 5.56 Å². The lowest BCUT2D eigenvalue weighted by Gasteiger charge is -2.40. The molecule has 0 spiro atoms. The standard InChI is InChI=1S/C31H32ClF2N3O2/c1-18-14-22(32)15-19(2)28(18)37-17-21(6-9-26(37)38)27-29(24-8-7-23(33)16-25(24)34)39-30(35-27)20-10-12-36(13-11-20)31(3,4)5/h6-9,14-17,20H,10-13H2,1-5H3. The smallest absolute Gasteiger partial charge is 0.255 e. The average Bonchev–Trinajstić information content (AvgIpc) is 3.29. The SMILES string of the molecule is Cc1cc(Cl)cc(C)c1-n1cc(-c2nc(C3CCN(C(C)(C)C)CC3)oc2-c2ccc(F)cc2F)ccc1=O. The number of halogens is 3. The number of hydrogen-bond donors (Lipinski definition) is 0. The van der Waals surface area contributed by atoms with Gasteiger partial charge in [0.2, 0.25) is 0 Å². The van der Waals surface area contributed by atoms with E-state index in [-0.39, 0.29) is 28.3 Å². The van der Waals surface area contributed by atoms with Crippen LogP contribution in [0.3, 0.4) is 0 Å². The average molecular weight is 552 g/mol. The van der Waals surface area contributed by atoms with Gasteiger partial charge in [0, 0.05) is 40.4 Å². The highest BCUT2D eigenvalue weighted by molar-refractivity contribution is 6.30. The van der Waals surface area contributed by atoms with Gasteiger partial charge < -0.3 is 4.42 Å². The molecule has 0 unspecified atom stereocenters. The summed E-state index contributed by atoms with van der Waals surface area (Å²) < 4.78 is 36.6. The molecule has 0 saturated carbocycles. The Bertz CT molecular complexity index is 1570. The predicted molar refractivity (Wildman–Crippen MR) is 151 cm³/mol. The first-order chi connectivity index (χ1) is 18.4. The third kappa shape index (κ3) is 5.43. The maximum absolute atomic E-state index is 15.0. The molecule has 4 aromatic rings. The molecule has 1 saturated heterocycles. The Hall–Kier alpha value is -3.29. The van der Waals surface area contributed by atoms with E-state index >= 15 is 4.39 Å². The highest BCUT2D eigenvalue weighted by atomic mass is 35.5. The van der Waals surface area contributed by atoms with Crippen molar-refractivity contribution in [2.75, 3.05) is 13.1 Å². The van der Waals surface area contributed by atoms with Crippen molar-refractivity contribution in [1.82, 2.24) is 14.5 Å². The van der Waals surface area contributed by atoms with Crippen LogP contribution in [-0.4, -0.2) is 33.1 Å². The van der Waals surface area contributed by atoms with E-state index in [0.29, 0.717) is 22.2 Å². The molecule has 5 rings (SSSR count). The van der Waals surface area contributed by atoms with E-state index in [4.69, 9.17) is 21.0 Å². The summed E-state index contributed by atoms with van der Waals surface area (Å²) in [6, 6.07) is 10.1. The van der Waals surface area contributed by atoms with Gasteiger partial charge in [0.1, 0.15) is 17.3 Å². The summed E-state index contributed by atoms with van der Waals surface area (Å²) in [4.78, 5) is 20.3. The van der Waals surface area contributed by atoms with Crippen LogP contribution in [0.4, 0.5) is 8.78 Å². The Morgan fingerprint density at radius 3 is 2.28 bits per heavy atom. The topological polar surface area (TPSA) is 51.3 Å². The van der Waals surface area contributed by atoms with Crippen molar-refractivity contribution < 1.29 is 13.2 Å². The molecule has 204 valence electrons. The molecule has 3 heterocycles. The van der Waals surface area contributed by atoms with Crippen LogP contribution in [0.25, 0.3) is 28.3 Å². The molecular formula is C31H32ClF2N3O2. The zero-order chi connectivity index (χ0) is 28.1. The molecule has 0 N–H and O–H groups in total. The third-order valence-electron chi connectivity index (χ3n) is 7.49. The monoisotopic (exact) mass is 551 g/mol. The fraction of sp³-hybridized carbons (Fsp3) is 0.355. The second kappa shape index (κ2) is 10.4. The summed E-state index contributed by atoms with van der Waals surface area (Å²) in [6.07, 6.45) is 3.40. The number of likely N-dealkylation sites (tertiary alicyclic amines) is 1. The lowest BCUT2D eigenvalue weighted by Crippen LogP contribution is -2.45. The first kappa shape index (κ1) is 27.3. The number of nitrogens with zero attached hydrogens (tertiary/aromatic N) is 3. The van der Waals surface area contributed by atoms with Crippen LogP contribution in [0, 0.1) is 25.5 Å². The van der Waals surface area contributed by atoms with Crippen LogP contribution >= 0.6 is 11.6 Å². The van der Waals surface area contributed by atoms with Crippen molar-refractivity contribution in [3.63, 3.8) is 0 Å². The normalized spacial score (nSPS) is 15.2. The number of piperidine rings is 1. The number of pyridine rings is 1. The van der Waals surface area contributed by atoms with Crippen molar-refractivity contribution >= 4 is 11.6 Å². The highest BCUT2D eigenvalue weighted by Gasteiger charge is 2.31. The Morgan fingerprint density at radius 1 is 1.00 bits per heavy atom. The van der Waals surface area contributed by atoms with Gasteiger partial charge in [0.15, 0.2) is 11.7 Å². The maximum atomic E-state index is 15.0. The molecule has 1 aliphatic heterocycles. The van der Waals surface area contributed by atoms with E-state index in [1.807, 2.05) is 13.8 Å². The molecule has 0 aliphatic carbocycles. The van der Waals surface area contributed by atoms with Crippen LogP contribution in [0.1, 0.15) is 56.5 Å². The Kier molecular flexibility index (Phi) is 7.25. The number of rotatable bonds is 4. The summed E-state index contributed by atoms with van der Waals surface area (Å²) in [5, 5.41) is 0.589. The first-order valence-electron chi connectivity index (χ1n) is 13.1. The Labute approximate surface area is 232 Å². The minimum Gasteiger partial charge on any atom is -0.440 e. The molecule has 0 bridgehead atoms. The quantitative estimate of drug-likeness (QED) is 0.261. The largest absolute Gasteiger partial charge is 0.440 e. The Morgan fingerprint density at radius 2 is 1.67 bits per heavy atom. The fourth-order valence-electron chi connectivity index (χ4n) is 5.45. The van der Waals surface area contributed by atoms with Gasteiger partial charge in [-0.3, -0.25) is 14.3 Å². The summed E-state index contributed by atoms with van der Waals surface area (Å²) in [6.45, 7) is 12.2. The van der Waals surface area contributed by atoms with Crippen molar-refractivity contribution in [3.05, 3.63) is 92.7 Å². The van der Waals surface area contributed by atoms with Crippen LogP contribution in [-0.2, 0) is 0 Å². The predicted octanol–water partition coefficient (Wildman–Crippen LogP) is 7.69. The molecule has 2 aromatic carbocycles. The lowest BCUT2D eigenvalue weighted by atomic mass is 9.93. The number of hydrogen-bond acceptors (Lipinski definition) is 4. The molecule has 2 aromatic heterocycles. The second-order valence-electron chi connectivity index (χ2n) is 11.3. The fourth-order valence-corrected chi connectivity index (χ4v) is 5.77. The highest BCUT2D eigenvalue weighted by Crippen LogP contribution is 2.39. The molecular weight excluding hydrogens is 520 g/mol. The number of aromatic nitrogens is 2.